The van der Waals surface area contributed by atoms with E-state index in [-0.39, 0.29) is 6.61 Å². The minimum absolute atomic E-state index is 0.0806. The Morgan fingerprint density at radius 1 is 1.27 bits per heavy atom. The van der Waals surface area contributed by atoms with Gasteiger partial charge in [-0.1, -0.05) is 23.7 Å². The molecular weight excluding hydrogens is 499 g/mol. The molecule has 37 heavy (non-hydrogen) atoms. The van der Waals surface area contributed by atoms with Gasteiger partial charge in [0.15, 0.2) is 0 Å². The van der Waals surface area contributed by atoms with Crippen molar-refractivity contribution < 1.29 is 23.8 Å². The quantitative estimate of drug-likeness (QED) is 0.358. The van der Waals surface area contributed by atoms with Gasteiger partial charge in [-0.15, -0.1) is 0 Å². The molecule has 0 bridgehead atoms. The number of likely N-dealkylation sites (tertiary alicyclic amines) is 1. The monoisotopic (exact) mass is 528 g/mol. The van der Waals surface area contributed by atoms with Crippen molar-refractivity contribution in [2.24, 2.45) is 0 Å². The molecule has 8 nitrogen and oxygen atoms in total. The number of piperidine rings is 1. The molecule has 3 aromatic rings. The molecular formula is C27H30ClFN4O4. The highest BCUT2D eigenvalue weighted by Gasteiger charge is 2.23. The van der Waals surface area contributed by atoms with Crippen LogP contribution in [0.1, 0.15) is 41.5 Å². The number of hydrogen-bond donors (Lipinski definition) is 1. The Labute approximate surface area is 220 Å². The number of imidazole rings is 1. The third-order valence-electron chi connectivity index (χ3n) is 6.39. The van der Waals surface area contributed by atoms with E-state index in [2.05, 4.69) is 14.9 Å². The SMILES string of the molecule is COCCn1c(/C=C/C(=O)O)cnc1CN1CCC(c2cccc(OCc3ccc(Cl)cc3F)n2)CC1. The predicted octanol–water partition coefficient (Wildman–Crippen LogP) is 4.77. The molecule has 1 aliphatic rings. The number of nitrogens with zero attached hydrogens (tertiary/aromatic N) is 4. The molecule has 1 N–H and O–H groups in total. The van der Waals surface area contributed by atoms with Crippen molar-refractivity contribution in [3.8, 4) is 5.88 Å². The molecule has 4 rings (SSSR count). The maximum absolute atomic E-state index is 14.0. The Hall–Kier alpha value is -3.27. The molecule has 196 valence electrons. The molecule has 0 radical (unpaired) electrons. The number of hydrogen-bond acceptors (Lipinski definition) is 6. The lowest BCUT2D eigenvalue weighted by atomic mass is 9.93. The minimum Gasteiger partial charge on any atom is -0.478 e. The maximum Gasteiger partial charge on any atom is 0.328 e. The third-order valence-corrected chi connectivity index (χ3v) is 6.63. The van der Waals surface area contributed by atoms with Crippen LogP contribution in [0.5, 0.6) is 5.88 Å². The Kier molecular flexibility index (Phi) is 9.27. The largest absolute Gasteiger partial charge is 0.478 e. The molecule has 1 aromatic carbocycles. The van der Waals surface area contributed by atoms with E-state index < -0.39 is 11.8 Å². The van der Waals surface area contributed by atoms with E-state index in [9.17, 15) is 9.18 Å². The summed E-state index contributed by atoms with van der Waals surface area (Å²) < 4.78 is 27.0. The molecule has 0 spiro atoms. The summed E-state index contributed by atoms with van der Waals surface area (Å²) in [5.74, 6) is 0.251. The molecule has 0 saturated carbocycles. The van der Waals surface area contributed by atoms with Gasteiger partial charge >= 0.3 is 5.97 Å². The van der Waals surface area contributed by atoms with E-state index in [1.54, 1.807) is 37.6 Å². The fourth-order valence-electron chi connectivity index (χ4n) is 4.40. The standard InChI is InChI=1S/C27H30ClFN4O4/c1-36-14-13-33-22(7-8-27(34)35)16-30-25(33)17-32-11-9-19(10-12-32)24-3-2-4-26(31-24)37-18-20-5-6-21(28)15-23(20)29/h2-8,15-16,19H,9-14,17-18H2,1H3,(H,34,35)/b8-7+. The van der Waals surface area contributed by atoms with E-state index in [0.717, 1.165) is 49.2 Å². The second kappa shape index (κ2) is 12.8. The molecule has 1 aliphatic heterocycles. The van der Waals surface area contributed by atoms with Crippen LogP contribution in [0.25, 0.3) is 6.08 Å². The fourth-order valence-corrected chi connectivity index (χ4v) is 4.56. The van der Waals surface area contributed by atoms with Gasteiger partial charge in [-0.3, -0.25) is 4.90 Å². The summed E-state index contributed by atoms with van der Waals surface area (Å²) in [6.45, 7) is 3.61. The highest BCUT2D eigenvalue weighted by molar-refractivity contribution is 6.30. The second-order valence-electron chi connectivity index (χ2n) is 8.89. The maximum atomic E-state index is 14.0. The van der Waals surface area contributed by atoms with Gasteiger partial charge in [0.25, 0.3) is 0 Å². The van der Waals surface area contributed by atoms with Crippen LogP contribution in [-0.4, -0.2) is 57.3 Å². The van der Waals surface area contributed by atoms with Crippen LogP contribution in [0.2, 0.25) is 5.02 Å². The van der Waals surface area contributed by atoms with E-state index in [1.807, 2.05) is 16.7 Å². The Morgan fingerprint density at radius 2 is 2.08 bits per heavy atom. The zero-order valence-electron chi connectivity index (χ0n) is 20.6. The molecule has 0 aliphatic carbocycles. The van der Waals surface area contributed by atoms with Gasteiger partial charge in [-0.05, 0) is 50.2 Å². The molecule has 0 amide bonds. The molecule has 10 heteroatoms. The van der Waals surface area contributed by atoms with Crippen LogP contribution >= 0.6 is 11.6 Å². The van der Waals surface area contributed by atoms with Crippen molar-refractivity contribution >= 4 is 23.6 Å². The number of benzene rings is 1. The Morgan fingerprint density at radius 3 is 2.81 bits per heavy atom. The lowest BCUT2D eigenvalue weighted by Crippen LogP contribution is -2.33. The van der Waals surface area contributed by atoms with Crippen LogP contribution < -0.4 is 4.74 Å². The Bertz CT molecular complexity index is 1240. The van der Waals surface area contributed by atoms with Crippen LogP contribution in [0.4, 0.5) is 4.39 Å². The second-order valence-corrected chi connectivity index (χ2v) is 9.33. The highest BCUT2D eigenvalue weighted by Crippen LogP contribution is 2.29. The normalized spacial score (nSPS) is 14.9. The van der Waals surface area contributed by atoms with Crippen molar-refractivity contribution in [2.45, 2.75) is 38.5 Å². The number of ether oxygens (including phenoxy) is 2. The number of carbonyl (C=O) groups is 1. The molecule has 2 aromatic heterocycles. The molecule has 1 fully saturated rings. The number of aromatic nitrogens is 3. The summed E-state index contributed by atoms with van der Waals surface area (Å²) in [6, 6.07) is 10.2. The topological polar surface area (TPSA) is 89.7 Å². The number of carboxylic acid groups (broad SMARTS) is 1. The molecule has 0 atom stereocenters. The first-order valence-electron chi connectivity index (χ1n) is 12.1. The van der Waals surface area contributed by atoms with Crippen LogP contribution in [0.15, 0.2) is 48.7 Å². The van der Waals surface area contributed by atoms with Crippen molar-refractivity contribution in [2.75, 3.05) is 26.8 Å². The van der Waals surface area contributed by atoms with Crippen LogP contribution in [-0.2, 0) is 29.2 Å². The number of rotatable bonds is 11. The van der Waals surface area contributed by atoms with E-state index >= 15 is 0 Å². The van der Waals surface area contributed by atoms with Crippen LogP contribution in [0.3, 0.4) is 0 Å². The van der Waals surface area contributed by atoms with Gasteiger partial charge in [-0.2, -0.15) is 0 Å². The number of pyridine rings is 1. The summed E-state index contributed by atoms with van der Waals surface area (Å²) in [5.41, 5.74) is 2.13. The van der Waals surface area contributed by atoms with Crippen molar-refractivity contribution in [1.29, 1.82) is 0 Å². The number of methoxy groups -OCH3 is 1. The average Bonchev–Trinajstić information content (AvgIpc) is 3.27. The van der Waals surface area contributed by atoms with Gasteiger partial charge in [0.1, 0.15) is 18.2 Å². The summed E-state index contributed by atoms with van der Waals surface area (Å²) in [6.07, 6.45) is 6.25. The first kappa shape index (κ1) is 26.8. The van der Waals surface area contributed by atoms with Crippen LogP contribution in [0, 0.1) is 5.82 Å². The van der Waals surface area contributed by atoms with Crippen molar-refractivity contribution in [1.82, 2.24) is 19.4 Å². The number of aliphatic carboxylic acids is 1. The smallest absolute Gasteiger partial charge is 0.328 e. The third kappa shape index (κ3) is 7.38. The zero-order chi connectivity index (χ0) is 26.2. The minimum atomic E-state index is -0.997. The van der Waals surface area contributed by atoms with Gasteiger partial charge in [0.05, 0.1) is 25.0 Å². The zero-order valence-corrected chi connectivity index (χ0v) is 21.4. The first-order chi connectivity index (χ1) is 17.9. The summed E-state index contributed by atoms with van der Waals surface area (Å²) in [5, 5.41) is 9.32. The first-order valence-corrected chi connectivity index (χ1v) is 12.5. The lowest BCUT2D eigenvalue weighted by molar-refractivity contribution is -0.131. The Balaban J connectivity index is 1.34. The van der Waals surface area contributed by atoms with Gasteiger partial charge < -0.3 is 19.1 Å². The van der Waals surface area contributed by atoms with Gasteiger partial charge in [-0.25, -0.2) is 19.2 Å². The average molecular weight is 529 g/mol. The number of carboxylic acids is 1. The molecule has 0 unspecified atom stereocenters. The summed E-state index contributed by atoms with van der Waals surface area (Å²) in [4.78, 5) is 22.5. The van der Waals surface area contributed by atoms with Gasteiger partial charge in [0, 0.05) is 48.0 Å². The lowest BCUT2D eigenvalue weighted by Gasteiger charge is -2.31. The fraction of sp³-hybridized carbons (Fsp3) is 0.370. The van der Waals surface area contributed by atoms with Crippen molar-refractivity contribution in [3.05, 3.63) is 82.3 Å². The molecule has 3 heterocycles. The van der Waals surface area contributed by atoms with E-state index in [4.69, 9.17) is 26.2 Å². The predicted molar refractivity (Wildman–Crippen MR) is 138 cm³/mol. The van der Waals surface area contributed by atoms with Gasteiger partial charge in [0.2, 0.25) is 5.88 Å². The number of halogens is 2. The highest BCUT2D eigenvalue weighted by atomic mass is 35.5. The van der Waals surface area contributed by atoms with E-state index in [0.29, 0.717) is 42.1 Å². The van der Waals surface area contributed by atoms with E-state index in [1.165, 1.54) is 6.07 Å². The summed E-state index contributed by atoms with van der Waals surface area (Å²) in [7, 11) is 1.64. The van der Waals surface area contributed by atoms with Crippen molar-refractivity contribution in [3.63, 3.8) is 0 Å². The summed E-state index contributed by atoms with van der Waals surface area (Å²) >= 11 is 5.82. The molecule has 1 saturated heterocycles.